The number of carbonyl (C=O) groups excluding carboxylic acids is 2. The number of hydrogen-bond acceptors (Lipinski definition) is 4. The molecule has 2 aromatic rings. The molecule has 3 rings (SSSR count). The summed E-state index contributed by atoms with van der Waals surface area (Å²) in [7, 11) is 1.55. The van der Waals surface area contributed by atoms with Gasteiger partial charge in [0.25, 0.3) is 5.91 Å². The van der Waals surface area contributed by atoms with Crippen molar-refractivity contribution in [2.24, 2.45) is 0 Å². The number of anilines is 2. The molecular weight excluding hydrogens is 292 g/mol. The van der Waals surface area contributed by atoms with Gasteiger partial charge < -0.3 is 10.1 Å². The summed E-state index contributed by atoms with van der Waals surface area (Å²) >= 11 is 0. The Labute approximate surface area is 134 Å². The monoisotopic (exact) mass is 310 g/mol. The minimum atomic E-state index is -0.545. The third-order valence-corrected chi connectivity index (χ3v) is 3.85. The number of carbonyl (C=O) groups is 2. The molecule has 1 unspecified atom stereocenters. The first-order valence-corrected chi connectivity index (χ1v) is 7.42. The summed E-state index contributed by atoms with van der Waals surface area (Å²) in [6.07, 6.45) is 0.143. The fraction of sp³-hybridized carbons (Fsp3) is 0.222. The second-order valence-corrected chi connectivity index (χ2v) is 5.54. The molecule has 0 aromatic heterocycles. The van der Waals surface area contributed by atoms with E-state index in [1.165, 1.54) is 4.90 Å². The number of hydrogen-bond donors (Lipinski definition) is 1. The van der Waals surface area contributed by atoms with E-state index in [0.717, 1.165) is 11.3 Å². The molecule has 2 amide bonds. The largest absolute Gasteiger partial charge is 0.497 e. The molecule has 0 bridgehead atoms. The first kappa shape index (κ1) is 15.1. The van der Waals surface area contributed by atoms with Crippen molar-refractivity contribution in [2.75, 3.05) is 17.3 Å². The van der Waals surface area contributed by atoms with E-state index < -0.39 is 6.04 Å². The van der Waals surface area contributed by atoms with E-state index in [2.05, 4.69) is 5.32 Å². The Hall–Kier alpha value is -2.82. The number of amides is 2. The summed E-state index contributed by atoms with van der Waals surface area (Å²) in [4.78, 5) is 26.1. The van der Waals surface area contributed by atoms with Crippen molar-refractivity contribution in [3.05, 3.63) is 54.1 Å². The van der Waals surface area contributed by atoms with E-state index in [-0.39, 0.29) is 18.2 Å². The topological polar surface area (TPSA) is 58.6 Å². The maximum atomic E-state index is 12.6. The van der Waals surface area contributed by atoms with Gasteiger partial charge in [0.05, 0.1) is 19.2 Å². The molecule has 1 aliphatic rings. The van der Waals surface area contributed by atoms with Crippen molar-refractivity contribution in [3.8, 4) is 5.75 Å². The summed E-state index contributed by atoms with van der Waals surface area (Å²) in [6.45, 7) is 2.00. The number of aryl methyl sites for hydroxylation is 1. The van der Waals surface area contributed by atoms with Crippen LogP contribution in [0.1, 0.15) is 12.0 Å². The highest BCUT2D eigenvalue weighted by Crippen LogP contribution is 2.27. The van der Waals surface area contributed by atoms with Crippen molar-refractivity contribution in [2.45, 2.75) is 19.4 Å². The van der Waals surface area contributed by atoms with Gasteiger partial charge >= 0.3 is 0 Å². The minimum Gasteiger partial charge on any atom is -0.497 e. The average molecular weight is 310 g/mol. The van der Waals surface area contributed by atoms with Crippen LogP contribution in [0, 0.1) is 6.92 Å². The molecule has 5 nitrogen and oxygen atoms in total. The zero-order chi connectivity index (χ0) is 16.4. The molecule has 0 radical (unpaired) electrons. The Bertz CT molecular complexity index is 740. The molecule has 118 valence electrons. The molecule has 1 atom stereocenters. The number of nitrogens with one attached hydrogen (secondary N) is 1. The van der Waals surface area contributed by atoms with Gasteiger partial charge in [-0.2, -0.15) is 0 Å². The number of nitrogens with zero attached hydrogens (tertiary/aromatic N) is 1. The summed E-state index contributed by atoms with van der Waals surface area (Å²) in [6, 6.07) is 14.1. The van der Waals surface area contributed by atoms with Gasteiger partial charge in [-0.15, -0.1) is 0 Å². The van der Waals surface area contributed by atoms with Crippen molar-refractivity contribution in [3.63, 3.8) is 0 Å². The maximum Gasteiger partial charge on any atom is 0.256 e. The molecular formula is C18H18N2O3. The fourth-order valence-electron chi connectivity index (χ4n) is 2.62. The Morgan fingerprint density at radius 2 is 1.87 bits per heavy atom. The Balaban J connectivity index is 1.80. The zero-order valence-corrected chi connectivity index (χ0v) is 13.1. The number of ether oxygens (including phenoxy) is 1. The van der Waals surface area contributed by atoms with Crippen LogP contribution in [-0.4, -0.2) is 25.0 Å². The normalized spacial score (nSPS) is 17.5. The summed E-state index contributed by atoms with van der Waals surface area (Å²) in [5.41, 5.74) is 2.50. The van der Waals surface area contributed by atoms with Gasteiger partial charge in [0, 0.05) is 11.8 Å². The molecule has 1 aliphatic heterocycles. The molecule has 1 heterocycles. The molecule has 2 aromatic carbocycles. The van der Waals surface area contributed by atoms with Crippen LogP contribution in [-0.2, 0) is 9.59 Å². The van der Waals surface area contributed by atoms with E-state index in [4.69, 9.17) is 4.74 Å². The van der Waals surface area contributed by atoms with Crippen LogP contribution in [0.4, 0.5) is 11.4 Å². The predicted molar refractivity (Wildman–Crippen MR) is 88.7 cm³/mol. The van der Waals surface area contributed by atoms with E-state index in [1.54, 1.807) is 31.4 Å². The predicted octanol–water partition coefficient (Wildman–Crippen LogP) is 2.75. The van der Waals surface area contributed by atoms with Gasteiger partial charge in [0.1, 0.15) is 11.8 Å². The molecule has 0 aliphatic carbocycles. The lowest BCUT2D eigenvalue weighted by molar-refractivity contribution is -0.121. The zero-order valence-electron chi connectivity index (χ0n) is 13.1. The molecule has 1 saturated heterocycles. The van der Waals surface area contributed by atoms with Gasteiger partial charge in [-0.25, -0.2) is 4.90 Å². The Kier molecular flexibility index (Phi) is 4.02. The van der Waals surface area contributed by atoms with Crippen LogP contribution >= 0.6 is 0 Å². The summed E-state index contributed by atoms with van der Waals surface area (Å²) in [5, 5.41) is 3.13. The van der Waals surface area contributed by atoms with Crippen LogP contribution in [0.25, 0.3) is 0 Å². The van der Waals surface area contributed by atoms with Gasteiger partial charge in [-0.1, -0.05) is 23.8 Å². The van der Waals surface area contributed by atoms with Crippen LogP contribution in [0.2, 0.25) is 0 Å². The Morgan fingerprint density at radius 1 is 1.13 bits per heavy atom. The third kappa shape index (κ3) is 3.04. The van der Waals surface area contributed by atoms with Gasteiger partial charge in [0.15, 0.2) is 0 Å². The van der Waals surface area contributed by atoms with Crippen molar-refractivity contribution < 1.29 is 14.3 Å². The van der Waals surface area contributed by atoms with Crippen molar-refractivity contribution in [1.82, 2.24) is 0 Å². The standard InChI is InChI=1S/C18H18N2O3/c1-12-6-8-13(9-7-12)19-16-11-17(21)20(18(16)22)14-4-3-5-15(10-14)23-2/h3-10,16,19H,11H2,1-2H3. The van der Waals surface area contributed by atoms with Gasteiger partial charge in [0.2, 0.25) is 5.91 Å². The van der Waals surface area contributed by atoms with Crippen LogP contribution in [0.15, 0.2) is 48.5 Å². The molecule has 1 N–H and O–H groups in total. The second-order valence-electron chi connectivity index (χ2n) is 5.54. The van der Waals surface area contributed by atoms with E-state index in [9.17, 15) is 9.59 Å². The maximum absolute atomic E-state index is 12.6. The SMILES string of the molecule is COc1cccc(N2C(=O)CC(Nc3ccc(C)cc3)C2=O)c1. The lowest BCUT2D eigenvalue weighted by Gasteiger charge is -2.16. The van der Waals surface area contributed by atoms with E-state index in [1.807, 2.05) is 31.2 Å². The molecule has 5 heteroatoms. The van der Waals surface area contributed by atoms with Crippen molar-refractivity contribution >= 4 is 23.2 Å². The van der Waals surface area contributed by atoms with Gasteiger partial charge in [-0.05, 0) is 31.2 Å². The smallest absolute Gasteiger partial charge is 0.256 e. The highest BCUT2D eigenvalue weighted by atomic mass is 16.5. The highest BCUT2D eigenvalue weighted by molar-refractivity contribution is 6.23. The first-order valence-electron chi connectivity index (χ1n) is 7.42. The molecule has 1 fully saturated rings. The molecule has 0 spiro atoms. The lowest BCUT2D eigenvalue weighted by Crippen LogP contribution is -2.34. The Morgan fingerprint density at radius 3 is 2.57 bits per heavy atom. The van der Waals surface area contributed by atoms with Crippen molar-refractivity contribution in [1.29, 1.82) is 0 Å². The number of methoxy groups -OCH3 is 1. The van der Waals surface area contributed by atoms with Crippen LogP contribution in [0.3, 0.4) is 0 Å². The lowest BCUT2D eigenvalue weighted by atomic mass is 10.2. The van der Waals surface area contributed by atoms with Gasteiger partial charge in [-0.3, -0.25) is 9.59 Å². The number of rotatable bonds is 4. The van der Waals surface area contributed by atoms with E-state index >= 15 is 0 Å². The average Bonchev–Trinajstić information content (AvgIpc) is 2.83. The first-order chi connectivity index (χ1) is 11.1. The van der Waals surface area contributed by atoms with E-state index in [0.29, 0.717) is 11.4 Å². The molecule has 0 saturated carbocycles. The summed E-state index contributed by atoms with van der Waals surface area (Å²) < 4.78 is 5.15. The minimum absolute atomic E-state index is 0.143. The van der Waals surface area contributed by atoms with Crippen LogP contribution < -0.4 is 15.0 Å². The quantitative estimate of drug-likeness (QED) is 0.882. The fourth-order valence-corrected chi connectivity index (χ4v) is 2.62. The number of imide groups is 1. The highest BCUT2D eigenvalue weighted by Gasteiger charge is 2.39. The second kappa shape index (κ2) is 6.12. The number of benzene rings is 2. The summed E-state index contributed by atoms with van der Waals surface area (Å²) in [5.74, 6) is 0.148. The third-order valence-electron chi connectivity index (χ3n) is 3.85. The molecule has 23 heavy (non-hydrogen) atoms. The van der Waals surface area contributed by atoms with Crippen LogP contribution in [0.5, 0.6) is 5.75 Å².